The number of hydrogen-bond acceptors (Lipinski definition) is 10. The van der Waals surface area contributed by atoms with Crippen LogP contribution < -0.4 is 14.9 Å². The molecule has 1 aromatic heterocycles. The molecule has 0 bridgehead atoms. The Kier molecular flexibility index (Phi) is 5.95. The van der Waals surface area contributed by atoms with Crippen LogP contribution in [0.2, 0.25) is 0 Å². The van der Waals surface area contributed by atoms with Gasteiger partial charge in [-0.15, -0.1) is 0 Å². The van der Waals surface area contributed by atoms with Crippen molar-refractivity contribution >= 4 is 16.9 Å². The smallest absolute Gasteiger partial charge is 0.335 e. The normalized spacial score (nSPS) is 25.0. The third-order valence-corrected chi connectivity index (χ3v) is 5.26. The zero-order chi connectivity index (χ0) is 23.9. The Morgan fingerprint density at radius 3 is 2.42 bits per heavy atom. The molecule has 2 heterocycles. The van der Waals surface area contributed by atoms with Gasteiger partial charge in [0.2, 0.25) is 17.5 Å². The van der Waals surface area contributed by atoms with Crippen molar-refractivity contribution in [1.82, 2.24) is 0 Å². The number of hydrogen-bond donors (Lipinski definition) is 5. The van der Waals surface area contributed by atoms with Crippen LogP contribution in [0.5, 0.6) is 17.2 Å². The van der Waals surface area contributed by atoms with Gasteiger partial charge in [0, 0.05) is 5.56 Å². The zero-order valence-corrected chi connectivity index (χ0v) is 17.1. The predicted molar refractivity (Wildman–Crippen MR) is 111 cm³/mol. The van der Waals surface area contributed by atoms with Gasteiger partial charge in [-0.2, -0.15) is 0 Å². The van der Waals surface area contributed by atoms with Gasteiger partial charge < -0.3 is 44.2 Å². The number of methoxy groups -OCH3 is 1. The minimum Gasteiger partial charge on any atom is -0.502 e. The molecule has 174 valence electrons. The summed E-state index contributed by atoms with van der Waals surface area (Å²) in [7, 11) is 1.30. The molecule has 0 unspecified atom stereocenters. The lowest BCUT2D eigenvalue weighted by Crippen LogP contribution is -2.61. The molecule has 4 rings (SSSR count). The standard InChI is InChI=1S/C22H20O11/c1-30-13-8-9(19-16(25)14(23)10-4-2-3-5-11(10)31-19)6-7-12(13)32-22-18(27)15(24)17(26)20(33-22)21(28)29/h2-8,15,17-18,20,22,24-27H,1H3,(H,28,29)/t15-,17-,18+,20-,22+/m1/s1. The number of carbonyl (C=O) groups is 1. The third-order valence-electron chi connectivity index (χ3n) is 5.26. The van der Waals surface area contributed by atoms with Crippen molar-refractivity contribution in [2.24, 2.45) is 0 Å². The maximum absolute atomic E-state index is 12.5. The Morgan fingerprint density at radius 2 is 1.73 bits per heavy atom. The van der Waals surface area contributed by atoms with Crippen molar-refractivity contribution < 1.29 is 49.0 Å². The lowest BCUT2D eigenvalue weighted by molar-refractivity contribution is -0.271. The Labute approximate surface area is 185 Å². The second-order valence-corrected chi connectivity index (χ2v) is 7.32. The van der Waals surface area contributed by atoms with Crippen molar-refractivity contribution in [3.05, 3.63) is 52.7 Å². The average molecular weight is 460 g/mol. The van der Waals surface area contributed by atoms with Gasteiger partial charge in [0.05, 0.1) is 12.5 Å². The van der Waals surface area contributed by atoms with E-state index in [1.165, 1.54) is 31.4 Å². The monoisotopic (exact) mass is 460 g/mol. The molecule has 0 saturated carbocycles. The van der Waals surface area contributed by atoms with Gasteiger partial charge in [0.25, 0.3) is 0 Å². The van der Waals surface area contributed by atoms with Crippen molar-refractivity contribution in [2.45, 2.75) is 30.7 Å². The number of rotatable bonds is 5. The lowest BCUT2D eigenvalue weighted by atomic mass is 9.99. The van der Waals surface area contributed by atoms with E-state index in [4.69, 9.17) is 23.7 Å². The molecule has 33 heavy (non-hydrogen) atoms. The number of carboxylic acids is 1. The summed E-state index contributed by atoms with van der Waals surface area (Å²) in [5.74, 6) is -2.21. The fourth-order valence-electron chi connectivity index (χ4n) is 3.51. The lowest BCUT2D eigenvalue weighted by Gasteiger charge is -2.38. The largest absolute Gasteiger partial charge is 0.502 e. The van der Waals surface area contributed by atoms with E-state index < -0.39 is 47.9 Å². The van der Waals surface area contributed by atoms with Gasteiger partial charge in [-0.05, 0) is 30.3 Å². The summed E-state index contributed by atoms with van der Waals surface area (Å²) in [4.78, 5) is 23.8. The van der Waals surface area contributed by atoms with Gasteiger partial charge in [-0.3, -0.25) is 4.79 Å². The number of carboxylic acid groups (broad SMARTS) is 1. The first-order chi connectivity index (χ1) is 15.7. The maximum Gasteiger partial charge on any atom is 0.335 e. The Morgan fingerprint density at radius 1 is 1.00 bits per heavy atom. The van der Waals surface area contributed by atoms with Crippen LogP contribution in [0.25, 0.3) is 22.3 Å². The van der Waals surface area contributed by atoms with Crippen molar-refractivity contribution in [3.63, 3.8) is 0 Å². The summed E-state index contributed by atoms with van der Waals surface area (Å²) in [5, 5.41) is 49.7. The minimum absolute atomic E-state index is 0.0133. The molecule has 3 aromatic rings. The molecule has 11 heteroatoms. The Bertz CT molecular complexity index is 1250. The van der Waals surface area contributed by atoms with Crippen LogP contribution in [-0.4, -0.2) is 69.3 Å². The summed E-state index contributed by atoms with van der Waals surface area (Å²) in [6.45, 7) is 0. The van der Waals surface area contributed by atoms with E-state index in [-0.39, 0.29) is 33.8 Å². The number of fused-ring (bicyclic) bond motifs is 1. The third kappa shape index (κ3) is 3.98. The summed E-state index contributed by atoms with van der Waals surface area (Å²) in [5.41, 5.74) is -0.0822. The molecule has 1 saturated heterocycles. The zero-order valence-electron chi connectivity index (χ0n) is 17.1. The van der Waals surface area contributed by atoms with Crippen LogP contribution in [0, 0.1) is 0 Å². The second kappa shape index (κ2) is 8.71. The van der Waals surface area contributed by atoms with Crippen LogP contribution in [0.3, 0.4) is 0 Å². The molecule has 0 spiro atoms. The highest BCUT2D eigenvalue weighted by Crippen LogP contribution is 2.37. The van der Waals surface area contributed by atoms with E-state index in [0.717, 1.165) is 0 Å². The number of aromatic hydroxyl groups is 1. The molecule has 0 aliphatic carbocycles. The molecule has 1 aliphatic rings. The summed E-state index contributed by atoms with van der Waals surface area (Å²) in [6.07, 6.45) is -8.93. The van der Waals surface area contributed by atoms with Crippen molar-refractivity contribution in [1.29, 1.82) is 0 Å². The summed E-state index contributed by atoms with van der Waals surface area (Å²) < 4.78 is 21.6. The molecule has 1 fully saturated rings. The van der Waals surface area contributed by atoms with Gasteiger partial charge >= 0.3 is 5.97 Å². The predicted octanol–water partition coefficient (Wildman–Crippen LogP) is 0.445. The fourth-order valence-corrected chi connectivity index (χ4v) is 3.51. The molecular formula is C22H20O11. The van der Waals surface area contributed by atoms with E-state index in [0.29, 0.717) is 0 Å². The molecule has 0 radical (unpaired) electrons. The molecule has 1 aliphatic heterocycles. The van der Waals surface area contributed by atoms with Gasteiger partial charge in [0.1, 0.15) is 23.9 Å². The van der Waals surface area contributed by atoms with Gasteiger partial charge in [0.15, 0.2) is 23.4 Å². The topological polar surface area (TPSA) is 176 Å². The van der Waals surface area contributed by atoms with E-state index in [1.54, 1.807) is 18.2 Å². The van der Waals surface area contributed by atoms with Crippen molar-refractivity contribution in [3.8, 4) is 28.6 Å². The fraction of sp³-hybridized carbons (Fsp3) is 0.273. The van der Waals surface area contributed by atoms with Gasteiger partial charge in [-0.25, -0.2) is 4.79 Å². The molecule has 5 N–H and O–H groups in total. The van der Waals surface area contributed by atoms with E-state index in [9.17, 15) is 30.0 Å². The average Bonchev–Trinajstić information content (AvgIpc) is 2.81. The molecule has 0 amide bonds. The first-order valence-corrected chi connectivity index (χ1v) is 9.75. The van der Waals surface area contributed by atoms with Gasteiger partial charge in [-0.1, -0.05) is 12.1 Å². The SMILES string of the molecule is COc1cc(-c2oc3ccccc3c(=O)c2O)ccc1O[C@H]1O[C@@H](C(=O)O)[C@H](O)[C@@H](O)[C@@H]1O. The first-order valence-electron chi connectivity index (χ1n) is 9.75. The summed E-state index contributed by atoms with van der Waals surface area (Å²) in [6, 6.07) is 10.6. The van der Waals surface area contributed by atoms with Crippen molar-refractivity contribution in [2.75, 3.05) is 7.11 Å². The number of aliphatic carboxylic acids is 1. The minimum atomic E-state index is -1.86. The molecule has 5 atom stereocenters. The Hall–Kier alpha value is -3.64. The van der Waals surface area contributed by atoms with Crippen LogP contribution in [0.4, 0.5) is 0 Å². The number of aliphatic hydroxyl groups excluding tert-OH is 3. The number of aliphatic hydroxyl groups is 3. The molecule has 2 aromatic carbocycles. The second-order valence-electron chi connectivity index (χ2n) is 7.32. The number of ether oxygens (including phenoxy) is 3. The quantitative estimate of drug-likeness (QED) is 0.357. The van der Waals surface area contributed by atoms with E-state index in [2.05, 4.69) is 0 Å². The number of benzene rings is 2. The van der Waals surface area contributed by atoms with Crippen LogP contribution in [0.1, 0.15) is 0 Å². The molecular weight excluding hydrogens is 440 g/mol. The maximum atomic E-state index is 12.5. The highest BCUT2D eigenvalue weighted by atomic mass is 16.7. The highest BCUT2D eigenvalue weighted by Gasteiger charge is 2.48. The van der Waals surface area contributed by atoms with E-state index in [1.807, 2.05) is 0 Å². The highest BCUT2D eigenvalue weighted by molar-refractivity contribution is 5.82. The van der Waals surface area contributed by atoms with Crippen LogP contribution in [0.15, 0.2) is 51.7 Å². The van der Waals surface area contributed by atoms with E-state index >= 15 is 0 Å². The Balaban J connectivity index is 1.68. The number of para-hydroxylation sites is 1. The molecule has 11 nitrogen and oxygen atoms in total. The van der Waals surface area contributed by atoms with Crippen LogP contribution in [-0.2, 0) is 9.53 Å². The first kappa shape index (κ1) is 22.6. The summed E-state index contributed by atoms with van der Waals surface area (Å²) >= 11 is 0. The van der Waals surface area contributed by atoms with Crippen LogP contribution >= 0.6 is 0 Å².